The maximum Gasteiger partial charge on any atom is 0.416 e. The van der Waals surface area contributed by atoms with E-state index in [4.69, 9.17) is 21.1 Å². The topological polar surface area (TPSA) is 80.1 Å². The third-order valence-electron chi connectivity index (χ3n) is 4.39. The Bertz CT molecular complexity index is 1200. The van der Waals surface area contributed by atoms with Crippen molar-refractivity contribution in [3.05, 3.63) is 52.5 Å². The van der Waals surface area contributed by atoms with E-state index >= 15 is 0 Å². The van der Waals surface area contributed by atoms with Crippen molar-refractivity contribution in [3.8, 4) is 28.8 Å². The largest absolute Gasteiger partial charge is 0.493 e. The number of methoxy groups -OCH3 is 2. The predicted molar refractivity (Wildman–Crippen MR) is 117 cm³/mol. The van der Waals surface area contributed by atoms with E-state index in [0.29, 0.717) is 27.9 Å². The molecule has 0 unspecified atom stereocenters. The Morgan fingerprint density at radius 1 is 1.06 bits per heavy atom. The van der Waals surface area contributed by atoms with Gasteiger partial charge in [-0.05, 0) is 42.7 Å². The molecule has 1 heterocycles. The summed E-state index contributed by atoms with van der Waals surface area (Å²) in [6, 6.07) is 10.0. The molecule has 6 nitrogen and oxygen atoms in total. The number of rotatable bonds is 6. The first-order chi connectivity index (χ1) is 15.2. The zero-order valence-electron chi connectivity index (χ0n) is 17.0. The van der Waals surface area contributed by atoms with Gasteiger partial charge in [-0.3, -0.25) is 0 Å². The van der Waals surface area contributed by atoms with Crippen LogP contribution < -0.4 is 14.8 Å². The lowest BCUT2D eigenvalue weighted by molar-refractivity contribution is -0.137. The minimum absolute atomic E-state index is 0.0889. The fourth-order valence-corrected chi connectivity index (χ4v) is 3.43. The summed E-state index contributed by atoms with van der Waals surface area (Å²) < 4.78 is 49.4. The predicted octanol–water partition coefficient (Wildman–Crippen LogP) is 6.17. The number of hydrogen-bond acceptors (Lipinski definition) is 7. The van der Waals surface area contributed by atoms with Crippen molar-refractivity contribution in [2.45, 2.75) is 11.3 Å². The number of halogens is 4. The maximum atomic E-state index is 12.9. The first kappa shape index (κ1) is 23.5. The minimum atomic E-state index is -4.53. The molecule has 0 radical (unpaired) electrons. The van der Waals surface area contributed by atoms with Crippen LogP contribution in [0.3, 0.4) is 0 Å². The van der Waals surface area contributed by atoms with Gasteiger partial charge in [-0.2, -0.15) is 18.4 Å². The number of thioether (sulfide) groups is 1. The van der Waals surface area contributed by atoms with Gasteiger partial charge in [-0.1, -0.05) is 23.4 Å². The Morgan fingerprint density at radius 2 is 1.78 bits per heavy atom. The molecule has 3 aromatic rings. The number of nitrogens with one attached hydrogen (secondary N) is 1. The summed E-state index contributed by atoms with van der Waals surface area (Å²) in [5.74, 6) is 1.06. The van der Waals surface area contributed by atoms with Gasteiger partial charge in [0.15, 0.2) is 22.5 Å². The highest BCUT2D eigenvalue weighted by molar-refractivity contribution is 7.98. The summed E-state index contributed by atoms with van der Waals surface area (Å²) in [7, 11) is 2.99. The van der Waals surface area contributed by atoms with E-state index in [0.717, 1.165) is 12.1 Å². The monoisotopic (exact) mass is 480 g/mol. The highest BCUT2D eigenvalue weighted by Crippen LogP contribution is 2.38. The standard InChI is InChI=1S/C21H16ClF3N4O2S/c1-30-16-7-4-11(8-17(16)31-2)18-13(10-26)19(29-20(28-18)32-3)27-15-6-5-12(9-14(15)22)21(23,24)25/h4-9H,1-3H3,(H,27,28,29). The molecule has 3 rings (SSSR count). The first-order valence-electron chi connectivity index (χ1n) is 8.94. The fourth-order valence-electron chi connectivity index (χ4n) is 2.84. The Kier molecular flexibility index (Phi) is 7.01. The lowest BCUT2D eigenvalue weighted by atomic mass is 10.1. The molecular weight excluding hydrogens is 465 g/mol. The van der Waals surface area contributed by atoms with Crippen molar-refractivity contribution in [2.75, 3.05) is 25.8 Å². The SMILES string of the molecule is COc1ccc(-c2nc(SC)nc(Nc3ccc(C(F)(F)F)cc3Cl)c2C#N)cc1OC. The van der Waals surface area contributed by atoms with Crippen LogP contribution in [0.1, 0.15) is 11.1 Å². The van der Waals surface area contributed by atoms with Crippen molar-refractivity contribution in [2.24, 2.45) is 0 Å². The average Bonchev–Trinajstić information content (AvgIpc) is 2.78. The van der Waals surface area contributed by atoms with Gasteiger partial charge >= 0.3 is 6.18 Å². The summed E-state index contributed by atoms with van der Waals surface area (Å²) in [6.45, 7) is 0. The smallest absolute Gasteiger partial charge is 0.416 e. The molecule has 0 spiro atoms. The van der Waals surface area contributed by atoms with E-state index in [2.05, 4.69) is 21.4 Å². The minimum Gasteiger partial charge on any atom is -0.493 e. The van der Waals surface area contributed by atoms with E-state index < -0.39 is 11.7 Å². The molecule has 2 aromatic carbocycles. The molecule has 0 saturated carbocycles. The van der Waals surface area contributed by atoms with Crippen molar-refractivity contribution >= 4 is 34.9 Å². The van der Waals surface area contributed by atoms with E-state index in [-0.39, 0.29) is 22.1 Å². The highest BCUT2D eigenvalue weighted by Gasteiger charge is 2.31. The third-order valence-corrected chi connectivity index (χ3v) is 5.25. The maximum absolute atomic E-state index is 12.9. The van der Waals surface area contributed by atoms with Gasteiger partial charge < -0.3 is 14.8 Å². The highest BCUT2D eigenvalue weighted by atomic mass is 35.5. The molecule has 0 saturated heterocycles. The van der Waals surface area contributed by atoms with E-state index in [1.165, 1.54) is 32.0 Å². The van der Waals surface area contributed by atoms with Crippen LogP contribution in [-0.2, 0) is 6.18 Å². The Balaban J connectivity index is 2.12. The number of alkyl halides is 3. The van der Waals surface area contributed by atoms with Gasteiger partial charge in [-0.25, -0.2) is 9.97 Å². The molecule has 1 N–H and O–H groups in total. The summed E-state index contributed by atoms with van der Waals surface area (Å²) in [5.41, 5.74) is 0.259. The molecule has 166 valence electrons. The fraction of sp³-hybridized carbons (Fsp3) is 0.190. The van der Waals surface area contributed by atoms with Crippen LogP contribution in [0.25, 0.3) is 11.3 Å². The van der Waals surface area contributed by atoms with E-state index in [1.54, 1.807) is 24.5 Å². The van der Waals surface area contributed by atoms with E-state index in [1.807, 2.05) is 0 Å². The molecule has 1 aromatic heterocycles. The number of nitrogens with zero attached hydrogens (tertiary/aromatic N) is 3. The number of aromatic nitrogens is 2. The van der Waals surface area contributed by atoms with Crippen molar-refractivity contribution in [1.82, 2.24) is 9.97 Å². The summed E-state index contributed by atoms with van der Waals surface area (Å²) >= 11 is 7.30. The van der Waals surface area contributed by atoms with Crippen LogP contribution >= 0.6 is 23.4 Å². The van der Waals surface area contributed by atoms with Gasteiger partial charge in [0.2, 0.25) is 0 Å². The number of nitriles is 1. The Hall–Kier alpha value is -3.16. The average molecular weight is 481 g/mol. The van der Waals surface area contributed by atoms with Crippen molar-refractivity contribution in [3.63, 3.8) is 0 Å². The van der Waals surface area contributed by atoms with Crippen LogP contribution in [0.2, 0.25) is 5.02 Å². The van der Waals surface area contributed by atoms with Gasteiger partial charge in [-0.15, -0.1) is 0 Å². The second kappa shape index (κ2) is 9.54. The second-order valence-corrected chi connectivity index (χ2v) is 7.46. The first-order valence-corrected chi connectivity index (χ1v) is 10.5. The quantitative estimate of drug-likeness (QED) is 0.334. The molecule has 0 aliphatic heterocycles. The third kappa shape index (κ3) is 4.84. The molecule has 11 heteroatoms. The molecule has 0 amide bonds. The van der Waals surface area contributed by atoms with Crippen LogP contribution in [-0.4, -0.2) is 30.4 Å². The number of hydrogen-bond donors (Lipinski definition) is 1. The van der Waals surface area contributed by atoms with Crippen LogP contribution in [0.4, 0.5) is 24.7 Å². The number of anilines is 2. The Labute approximate surface area is 191 Å². The van der Waals surface area contributed by atoms with Crippen molar-refractivity contribution in [1.29, 1.82) is 5.26 Å². The van der Waals surface area contributed by atoms with Gasteiger partial charge in [0.25, 0.3) is 0 Å². The summed E-state index contributed by atoms with van der Waals surface area (Å²) in [4.78, 5) is 8.76. The number of benzene rings is 2. The zero-order valence-corrected chi connectivity index (χ0v) is 18.6. The molecule has 0 aliphatic carbocycles. The lowest BCUT2D eigenvalue weighted by Gasteiger charge is -2.15. The summed E-state index contributed by atoms with van der Waals surface area (Å²) in [6.07, 6.45) is -2.77. The molecule has 0 atom stereocenters. The van der Waals surface area contributed by atoms with Crippen LogP contribution in [0, 0.1) is 11.3 Å². The zero-order chi connectivity index (χ0) is 23.5. The number of ether oxygens (including phenoxy) is 2. The molecule has 0 fully saturated rings. The van der Waals surface area contributed by atoms with Gasteiger partial charge in [0.05, 0.1) is 36.2 Å². The molecular formula is C21H16ClF3N4O2S. The van der Waals surface area contributed by atoms with Crippen molar-refractivity contribution < 1.29 is 22.6 Å². The van der Waals surface area contributed by atoms with Crippen LogP contribution in [0.5, 0.6) is 11.5 Å². The molecule has 0 bridgehead atoms. The lowest BCUT2D eigenvalue weighted by Crippen LogP contribution is -2.06. The second-order valence-electron chi connectivity index (χ2n) is 6.28. The van der Waals surface area contributed by atoms with Gasteiger partial charge in [0, 0.05) is 5.56 Å². The molecule has 32 heavy (non-hydrogen) atoms. The normalized spacial score (nSPS) is 11.1. The molecule has 0 aliphatic rings. The Morgan fingerprint density at radius 3 is 2.34 bits per heavy atom. The van der Waals surface area contributed by atoms with Gasteiger partial charge in [0.1, 0.15) is 11.6 Å². The van der Waals surface area contributed by atoms with Crippen LogP contribution in [0.15, 0.2) is 41.6 Å². The summed E-state index contributed by atoms with van der Waals surface area (Å²) in [5, 5.41) is 12.9. The van der Waals surface area contributed by atoms with E-state index in [9.17, 15) is 18.4 Å².